The zero-order valence-electron chi connectivity index (χ0n) is 14.2. The summed E-state index contributed by atoms with van der Waals surface area (Å²) in [6, 6.07) is 5.01. The molecule has 7 nitrogen and oxygen atoms in total. The van der Waals surface area contributed by atoms with Crippen molar-refractivity contribution in [3.05, 3.63) is 52.1 Å². The van der Waals surface area contributed by atoms with E-state index in [0.29, 0.717) is 37.8 Å². The highest BCUT2D eigenvalue weighted by molar-refractivity contribution is 5.91. The molecule has 2 aromatic heterocycles. The van der Waals surface area contributed by atoms with E-state index >= 15 is 0 Å². The Bertz CT molecular complexity index is 806. The Balaban J connectivity index is 1.59. The van der Waals surface area contributed by atoms with Crippen LogP contribution >= 0.6 is 0 Å². The molecule has 2 aliphatic rings. The highest BCUT2D eigenvalue weighted by Crippen LogP contribution is 2.15. The fourth-order valence-electron chi connectivity index (χ4n) is 3.62. The Morgan fingerprint density at radius 2 is 2.00 bits per heavy atom. The number of aromatic nitrogens is 2. The van der Waals surface area contributed by atoms with Gasteiger partial charge >= 0.3 is 0 Å². The van der Waals surface area contributed by atoms with E-state index in [1.807, 2.05) is 0 Å². The third-order valence-corrected chi connectivity index (χ3v) is 4.89. The monoisotopic (exact) mass is 342 g/mol. The average molecular weight is 342 g/mol. The Morgan fingerprint density at radius 3 is 2.76 bits per heavy atom. The molecule has 0 bridgehead atoms. The number of carbonyl (C=O) groups excluding carboxylic acids is 1. The number of nitrogens with zero attached hydrogens (tertiary/aromatic N) is 4. The normalized spacial score (nSPS) is 18.2. The first-order valence-electron chi connectivity index (χ1n) is 8.85. The van der Waals surface area contributed by atoms with Crippen molar-refractivity contribution in [3.8, 4) is 0 Å². The summed E-state index contributed by atoms with van der Waals surface area (Å²) in [6.45, 7) is 4.33. The van der Waals surface area contributed by atoms with Crippen molar-refractivity contribution in [3.63, 3.8) is 0 Å². The highest BCUT2D eigenvalue weighted by atomic mass is 16.3. The van der Waals surface area contributed by atoms with E-state index in [-0.39, 0.29) is 11.5 Å². The van der Waals surface area contributed by atoms with Gasteiger partial charge in [-0.25, -0.2) is 4.98 Å². The summed E-state index contributed by atoms with van der Waals surface area (Å²) in [5.74, 6) is 0.834. The summed E-state index contributed by atoms with van der Waals surface area (Å²) in [7, 11) is 0. The number of fused-ring (bicyclic) bond motifs is 1. The Hall–Kier alpha value is -2.41. The maximum absolute atomic E-state index is 12.6. The molecule has 4 heterocycles. The van der Waals surface area contributed by atoms with Gasteiger partial charge in [-0.1, -0.05) is 0 Å². The van der Waals surface area contributed by atoms with Crippen LogP contribution in [0.3, 0.4) is 0 Å². The second-order valence-electron chi connectivity index (χ2n) is 6.69. The minimum absolute atomic E-state index is 0.0218. The van der Waals surface area contributed by atoms with E-state index in [1.54, 1.807) is 27.7 Å². The predicted octanol–water partition coefficient (Wildman–Crippen LogP) is 1.48. The average Bonchev–Trinajstić information content (AvgIpc) is 3.25. The summed E-state index contributed by atoms with van der Waals surface area (Å²) >= 11 is 0. The molecule has 0 atom stereocenters. The van der Waals surface area contributed by atoms with Crippen molar-refractivity contribution in [2.45, 2.75) is 38.9 Å². The van der Waals surface area contributed by atoms with Crippen LogP contribution in [0.1, 0.15) is 41.3 Å². The highest BCUT2D eigenvalue weighted by Gasteiger charge is 2.24. The number of amides is 1. The van der Waals surface area contributed by atoms with Gasteiger partial charge in [-0.15, -0.1) is 0 Å². The van der Waals surface area contributed by atoms with Crippen molar-refractivity contribution >= 4 is 5.91 Å². The lowest BCUT2D eigenvalue weighted by molar-refractivity contribution is 0.0711. The summed E-state index contributed by atoms with van der Waals surface area (Å²) in [6.07, 6.45) is 4.63. The first kappa shape index (κ1) is 16.1. The van der Waals surface area contributed by atoms with Crippen LogP contribution in [0.4, 0.5) is 0 Å². The van der Waals surface area contributed by atoms with Gasteiger partial charge in [-0.2, -0.15) is 0 Å². The smallest absolute Gasteiger partial charge is 0.289 e. The van der Waals surface area contributed by atoms with Crippen LogP contribution in [-0.4, -0.2) is 44.9 Å². The van der Waals surface area contributed by atoms with Crippen LogP contribution in [0.2, 0.25) is 0 Å². The first-order chi connectivity index (χ1) is 12.2. The van der Waals surface area contributed by atoms with E-state index in [9.17, 15) is 9.59 Å². The predicted molar refractivity (Wildman–Crippen MR) is 91.1 cm³/mol. The second-order valence-corrected chi connectivity index (χ2v) is 6.69. The molecule has 7 heteroatoms. The summed E-state index contributed by atoms with van der Waals surface area (Å²) in [5.41, 5.74) is 0.775. The summed E-state index contributed by atoms with van der Waals surface area (Å²) in [4.78, 5) is 33.8. The molecule has 25 heavy (non-hydrogen) atoms. The molecule has 4 rings (SSSR count). The standard InChI is InChI=1S/C18H22N4O3/c23-17-11-14(12-20-6-1-2-7-20)19-16-13-21(8-4-9-22(16)17)18(24)15-5-3-10-25-15/h3,5,10-11H,1-2,4,6-9,12-13H2. The van der Waals surface area contributed by atoms with Crippen LogP contribution < -0.4 is 5.56 Å². The van der Waals surface area contributed by atoms with Crippen molar-refractivity contribution in [2.75, 3.05) is 19.6 Å². The molecule has 0 aliphatic carbocycles. The van der Waals surface area contributed by atoms with Crippen LogP contribution in [0.25, 0.3) is 0 Å². The largest absolute Gasteiger partial charge is 0.459 e. The van der Waals surface area contributed by atoms with E-state index in [0.717, 1.165) is 25.2 Å². The van der Waals surface area contributed by atoms with Crippen molar-refractivity contribution in [1.29, 1.82) is 0 Å². The van der Waals surface area contributed by atoms with Crippen LogP contribution in [-0.2, 0) is 19.6 Å². The summed E-state index contributed by atoms with van der Waals surface area (Å²) < 4.78 is 6.92. The van der Waals surface area contributed by atoms with Gasteiger partial charge in [0.05, 0.1) is 18.5 Å². The Kier molecular flexibility index (Phi) is 4.40. The van der Waals surface area contributed by atoms with Gasteiger partial charge in [0, 0.05) is 25.7 Å². The van der Waals surface area contributed by atoms with E-state index < -0.39 is 0 Å². The van der Waals surface area contributed by atoms with E-state index in [4.69, 9.17) is 9.40 Å². The third kappa shape index (κ3) is 3.37. The molecular formula is C18H22N4O3. The molecule has 1 saturated heterocycles. The maximum atomic E-state index is 12.6. The number of furan rings is 1. The number of likely N-dealkylation sites (tertiary alicyclic amines) is 1. The van der Waals surface area contributed by atoms with Gasteiger partial charge in [0.1, 0.15) is 5.82 Å². The van der Waals surface area contributed by atoms with Crippen molar-refractivity contribution in [2.24, 2.45) is 0 Å². The van der Waals surface area contributed by atoms with Gasteiger partial charge in [-0.05, 0) is 44.5 Å². The van der Waals surface area contributed by atoms with Crippen LogP contribution in [0, 0.1) is 0 Å². The molecular weight excluding hydrogens is 320 g/mol. The number of carbonyl (C=O) groups is 1. The topological polar surface area (TPSA) is 71.6 Å². The molecule has 0 spiro atoms. The number of hydrogen-bond donors (Lipinski definition) is 0. The second kappa shape index (κ2) is 6.84. The molecule has 0 aromatic carbocycles. The molecule has 0 unspecified atom stereocenters. The quantitative estimate of drug-likeness (QED) is 0.845. The fraction of sp³-hybridized carbons (Fsp3) is 0.500. The summed E-state index contributed by atoms with van der Waals surface area (Å²) in [5, 5.41) is 0. The van der Waals surface area contributed by atoms with Crippen molar-refractivity contribution in [1.82, 2.24) is 19.4 Å². The maximum Gasteiger partial charge on any atom is 0.289 e. The zero-order valence-corrected chi connectivity index (χ0v) is 14.2. The van der Waals surface area contributed by atoms with Gasteiger partial charge in [-0.3, -0.25) is 19.1 Å². The minimum atomic E-state index is -0.155. The molecule has 1 fully saturated rings. The number of hydrogen-bond acceptors (Lipinski definition) is 5. The van der Waals surface area contributed by atoms with Gasteiger partial charge < -0.3 is 9.32 Å². The Morgan fingerprint density at radius 1 is 1.16 bits per heavy atom. The van der Waals surface area contributed by atoms with Crippen LogP contribution in [0.5, 0.6) is 0 Å². The molecule has 2 aliphatic heterocycles. The van der Waals surface area contributed by atoms with Gasteiger partial charge in [0.25, 0.3) is 11.5 Å². The third-order valence-electron chi connectivity index (χ3n) is 4.89. The molecule has 1 amide bonds. The van der Waals surface area contributed by atoms with E-state index in [2.05, 4.69) is 4.90 Å². The van der Waals surface area contributed by atoms with E-state index in [1.165, 1.54) is 19.1 Å². The fourth-order valence-corrected chi connectivity index (χ4v) is 3.62. The molecule has 2 aromatic rings. The SMILES string of the molecule is O=C(c1ccco1)N1CCCn2c(nc(CN3CCCC3)cc2=O)C1. The zero-order chi connectivity index (χ0) is 17.2. The van der Waals surface area contributed by atoms with Gasteiger partial charge in [0.2, 0.25) is 0 Å². The van der Waals surface area contributed by atoms with Crippen molar-refractivity contribution < 1.29 is 9.21 Å². The first-order valence-corrected chi connectivity index (χ1v) is 8.85. The van der Waals surface area contributed by atoms with Crippen LogP contribution in [0.15, 0.2) is 33.7 Å². The lowest BCUT2D eigenvalue weighted by Gasteiger charge is -2.19. The lowest BCUT2D eigenvalue weighted by atomic mass is 10.3. The Labute approximate surface area is 145 Å². The lowest BCUT2D eigenvalue weighted by Crippen LogP contribution is -2.32. The minimum Gasteiger partial charge on any atom is -0.459 e. The van der Waals surface area contributed by atoms with Gasteiger partial charge in [0.15, 0.2) is 5.76 Å². The molecule has 0 N–H and O–H groups in total. The molecule has 0 radical (unpaired) electrons. The number of rotatable bonds is 3. The molecule has 132 valence electrons. The molecule has 0 saturated carbocycles.